The molecule has 5 nitrogen and oxygen atoms in total. The summed E-state index contributed by atoms with van der Waals surface area (Å²) >= 11 is 21.5. The maximum absolute atomic E-state index is 12.5. The van der Waals surface area contributed by atoms with Gasteiger partial charge in [0.25, 0.3) is 5.56 Å². The number of halogens is 3. The molecule has 3 aromatic rings. The predicted molar refractivity (Wildman–Crippen MR) is 104 cm³/mol. The van der Waals surface area contributed by atoms with E-state index in [0.717, 1.165) is 0 Å². The second-order valence-corrected chi connectivity index (χ2v) is 7.70. The van der Waals surface area contributed by atoms with Gasteiger partial charge >= 0.3 is 0 Å². The van der Waals surface area contributed by atoms with Crippen molar-refractivity contribution in [3.63, 3.8) is 0 Å². The molecule has 10 heteroatoms. The van der Waals surface area contributed by atoms with E-state index < -0.39 is 0 Å². The van der Waals surface area contributed by atoms with Gasteiger partial charge in [-0.1, -0.05) is 34.8 Å². The molecule has 0 unspecified atom stereocenters. The van der Waals surface area contributed by atoms with Gasteiger partial charge in [-0.15, -0.1) is 11.8 Å². The Morgan fingerprint density at radius 1 is 1.21 bits per heavy atom. The number of thioether (sulfide) groups is 2. The van der Waals surface area contributed by atoms with Crippen LogP contribution in [0.15, 0.2) is 22.0 Å². The molecule has 0 fully saturated rings. The van der Waals surface area contributed by atoms with Crippen molar-refractivity contribution in [3.8, 4) is 5.69 Å². The van der Waals surface area contributed by atoms with Gasteiger partial charge in [0.1, 0.15) is 21.9 Å². The third kappa shape index (κ3) is 3.15. The minimum absolute atomic E-state index is 0.235. The van der Waals surface area contributed by atoms with Crippen molar-refractivity contribution in [2.45, 2.75) is 10.8 Å². The van der Waals surface area contributed by atoms with Crippen molar-refractivity contribution >= 4 is 69.4 Å². The van der Waals surface area contributed by atoms with Crippen LogP contribution >= 0.6 is 58.3 Å². The van der Waals surface area contributed by atoms with Gasteiger partial charge in [-0.25, -0.2) is 9.67 Å². The number of H-pyrrole nitrogens is 1. The summed E-state index contributed by atoms with van der Waals surface area (Å²) in [5.41, 5.74) is 0.625. The van der Waals surface area contributed by atoms with Crippen molar-refractivity contribution in [2.24, 2.45) is 0 Å². The maximum Gasteiger partial charge on any atom is 0.263 e. The quantitative estimate of drug-likeness (QED) is 0.621. The fourth-order valence-corrected chi connectivity index (χ4v) is 4.22. The minimum atomic E-state index is -0.235. The summed E-state index contributed by atoms with van der Waals surface area (Å²) in [4.78, 5) is 19.8. The topological polar surface area (TPSA) is 63.6 Å². The van der Waals surface area contributed by atoms with Gasteiger partial charge in [0, 0.05) is 5.02 Å². The third-order valence-corrected chi connectivity index (χ3v) is 5.25. The molecule has 0 amide bonds. The number of aromatic nitrogens is 4. The van der Waals surface area contributed by atoms with Crippen LogP contribution in [0.5, 0.6) is 0 Å². The molecular weight excluding hydrogens is 411 g/mol. The van der Waals surface area contributed by atoms with Gasteiger partial charge in [-0.3, -0.25) is 4.79 Å². The molecule has 0 atom stereocenters. The first-order valence-electron chi connectivity index (χ1n) is 6.66. The van der Waals surface area contributed by atoms with E-state index in [-0.39, 0.29) is 5.56 Å². The third-order valence-electron chi connectivity index (χ3n) is 3.22. The van der Waals surface area contributed by atoms with E-state index in [4.69, 9.17) is 34.8 Å². The average Bonchev–Trinajstić information content (AvgIpc) is 2.86. The number of aromatic amines is 1. The molecule has 0 saturated carbocycles. The van der Waals surface area contributed by atoms with Gasteiger partial charge in [0.05, 0.1) is 15.8 Å². The first kappa shape index (κ1) is 17.9. The van der Waals surface area contributed by atoms with Crippen LogP contribution in [0.4, 0.5) is 0 Å². The minimum Gasteiger partial charge on any atom is -0.309 e. The molecule has 0 spiro atoms. The standard InChI is InChI=1S/C14H11Cl3N4OS2/c1-23-5-9-18-12-10(13(22)19-9)14(24-2)20-21(12)11-7(16)3-6(15)4-8(11)17/h3-4H,5H2,1-2H3,(H,18,19,22). The van der Waals surface area contributed by atoms with E-state index in [1.807, 2.05) is 12.5 Å². The number of hydrogen-bond donors (Lipinski definition) is 1. The molecule has 0 aliphatic heterocycles. The lowest BCUT2D eigenvalue weighted by Gasteiger charge is -2.09. The molecule has 0 aliphatic carbocycles. The normalized spacial score (nSPS) is 11.4. The van der Waals surface area contributed by atoms with E-state index in [2.05, 4.69) is 15.1 Å². The first-order chi connectivity index (χ1) is 11.5. The van der Waals surface area contributed by atoms with E-state index >= 15 is 0 Å². The summed E-state index contributed by atoms with van der Waals surface area (Å²) in [6.45, 7) is 0. The highest BCUT2D eigenvalue weighted by molar-refractivity contribution is 7.98. The fourth-order valence-electron chi connectivity index (χ4n) is 2.28. The van der Waals surface area contributed by atoms with Gasteiger partial charge in [0.15, 0.2) is 5.65 Å². The Morgan fingerprint density at radius 2 is 1.88 bits per heavy atom. The fraction of sp³-hybridized carbons (Fsp3) is 0.214. The van der Waals surface area contributed by atoms with Crippen LogP contribution in [-0.2, 0) is 5.75 Å². The first-order valence-corrected chi connectivity index (χ1v) is 10.4. The van der Waals surface area contributed by atoms with Gasteiger partial charge in [-0.05, 0) is 24.6 Å². The molecule has 2 heterocycles. The van der Waals surface area contributed by atoms with Crippen LogP contribution < -0.4 is 5.56 Å². The lowest BCUT2D eigenvalue weighted by molar-refractivity contribution is 0.849. The number of benzene rings is 1. The smallest absolute Gasteiger partial charge is 0.263 e. The number of nitrogens with zero attached hydrogens (tertiary/aromatic N) is 3. The van der Waals surface area contributed by atoms with Gasteiger partial charge in [0.2, 0.25) is 0 Å². The van der Waals surface area contributed by atoms with Gasteiger partial charge in [-0.2, -0.15) is 16.9 Å². The molecule has 1 N–H and O–H groups in total. The molecule has 3 rings (SSSR count). The van der Waals surface area contributed by atoms with Crippen LogP contribution in [-0.4, -0.2) is 32.3 Å². The zero-order chi connectivity index (χ0) is 17.4. The Kier molecular flexibility index (Phi) is 5.36. The second-order valence-electron chi connectivity index (χ2n) is 4.78. The summed E-state index contributed by atoms with van der Waals surface area (Å²) in [6, 6.07) is 3.15. The monoisotopic (exact) mass is 420 g/mol. The highest BCUT2D eigenvalue weighted by Gasteiger charge is 2.21. The van der Waals surface area contributed by atoms with Gasteiger partial charge < -0.3 is 4.98 Å². The van der Waals surface area contributed by atoms with Crippen LogP contribution in [0.1, 0.15) is 5.82 Å². The predicted octanol–water partition coefficient (Wildman–Crippen LogP) is 4.65. The molecular formula is C14H11Cl3N4OS2. The van der Waals surface area contributed by atoms with E-state index in [1.165, 1.54) is 16.4 Å². The van der Waals surface area contributed by atoms with E-state index in [9.17, 15) is 4.79 Å². The molecule has 126 valence electrons. The Bertz CT molecular complexity index is 963. The zero-order valence-corrected chi connectivity index (χ0v) is 16.5. The van der Waals surface area contributed by atoms with Crippen molar-refractivity contribution in [2.75, 3.05) is 12.5 Å². The van der Waals surface area contributed by atoms with E-state index in [1.54, 1.807) is 23.9 Å². The Hall–Kier alpha value is -0.860. The zero-order valence-electron chi connectivity index (χ0n) is 12.6. The van der Waals surface area contributed by atoms with Crippen molar-refractivity contribution in [1.29, 1.82) is 0 Å². The van der Waals surface area contributed by atoms with Crippen molar-refractivity contribution < 1.29 is 0 Å². The van der Waals surface area contributed by atoms with E-state index in [0.29, 0.717) is 48.4 Å². The lowest BCUT2D eigenvalue weighted by Crippen LogP contribution is -2.12. The summed E-state index contributed by atoms with van der Waals surface area (Å²) in [6.07, 6.45) is 3.77. The summed E-state index contributed by atoms with van der Waals surface area (Å²) in [5.74, 6) is 1.14. The molecule has 1 aromatic carbocycles. The Labute approximate surface area is 161 Å². The maximum atomic E-state index is 12.5. The molecule has 2 aromatic heterocycles. The number of hydrogen-bond acceptors (Lipinski definition) is 5. The number of fused-ring (bicyclic) bond motifs is 1. The average molecular weight is 422 g/mol. The SMILES string of the molecule is CSCc1nc2c(c(SC)nn2-c2c(Cl)cc(Cl)cc2Cl)c(=O)[nH]1. The Balaban J connectivity index is 2.39. The van der Waals surface area contributed by atoms with Crippen LogP contribution in [0, 0.1) is 0 Å². The lowest BCUT2D eigenvalue weighted by atomic mass is 10.3. The molecule has 0 aliphatic rings. The summed E-state index contributed by atoms with van der Waals surface area (Å²) in [7, 11) is 0. The van der Waals surface area contributed by atoms with Crippen LogP contribution in [0.25, 0.3) is 16.7 Å². The largest absolute Gasteiger partial charge is 0.309 e. The Morgan fingerprint density at radius 3 is 2.46 bits per heavy atom. The second kappa shape index (κ2) is 7.17. The highest BCUT2D eigenvalue weighted by atomic mass is 35.5. The number of nitrogens with one attached hydrogen (secondary N) is 1. The molecule has 0 saturated heterocycles. The molecule has 0 bridgehead atoms. The molecule has 0 radical (unpaired) electrons. The van der Waals surface area contributed by atoms with Crippen LogP contribution in [0.3, 0.4) is 0 Å². The molecule has 24 heavy (non-hydrogen) atoms. The number of rotatable bonds is 4. The van der Waals surface area contributed by atoms with Crippen molar-refractivity contribution in [1.82, 2.24) is 19.7 Å². The highest BCUT2D eigenvalue weighted by Crippen LogP contribution is 2.34. The van der Waals surface area contributed by atoms with Crippen LogP contribution in [0.2, 0.25) is 15.1 Å². The van der Waals surface area contributed by atoms with Crippen molar-refractivity contribution in [3.05, 3.63) is 43.4 Å². The summed E-state index contributed by atoms with van der Waals surface area (Å²) in [5, 5.41) is 6.52. The summed E-state index contributed by atoms with van der Waals surface area (Å²) < 4.78 is 1.50.